The molecule has 9 heteroatoms. The highest BCUT2D eigenvalue weighted by molar-refractivity contribution is 7.99. The second-order valence-corrected chi connectivity index (χ2v) is 6.85. The van der Waals surface area contributed by atoms with E-state index in [1.165, 1.54) is 36.4 Å². The summed E-state index contributed by atoms with van der Waals surface area (Å²) in [6, 6.07) is 9.96. The van der Waals surface area contributed by atoms with Crippen molar-refractivity contribution < 1.29 is 22.8 Å². The zero-order valence-electron chi connectivity index (χ0n) is 13.5. The van der Waals surface area contributed by atoms with Gasteiger partial charge in [0.2, 0.25) is 0 Å². The van der Waals surface area contributed by atoms with Gasteiger partial charge < -0.3 is 9.64 Å². The topological polar surface area (TPSA) is 55.6 Å². The Kier molecular flexibility index (Phi) is 5.26. The lowest BCUT2D eigenvalue weighted by atomic mass is 10.0. The Morgan fingerprint density at radius 3 is 2.31 bits per heavy atom. The summed E-state index contributed by atoms with van der Waals surface area (Å²) in [4.78, 5) is 12.8. The molecule has 1 heterocycles. The SMILES string of the molecule is O=[N+]([O-])c1ccc(N2CCSCC2)c(-c2ccc(OC(F)(F)F)cc2)c1. The predicted molar refractivity (Wildman–Crippen MR) is 94.8 cm³/mol. The molecule has 0 radical (unpaired) electrons. The third kappa shape index (κ3) is 4.40. The van der Waals surface area contributed by atoms with Gasteiger partial charge in [0.15, 0.2) is 0 Å². The maximum Gasteiger partial charge on any atom is 0.573 e. The largest absolute Gasteiger partial charge is 0.573 e. The minimum atomic E-state index is -4.76. The molecule has 0 amide bonds. The maximum absolute atomic E-state index is 12.3. The van der Waals surface area contributed by atoms with E-state index in [2.05, 4.69) is 9.64 Å². The second kappa shape index (κ2) is 7.45. The third-order valence-electron chi connectivity index (χ3n) is 3.94. The van der Waals surface area contributed by atoms with Crippen molar-refractivity contribution in [1.82, 2.24) is 0 Å². The number of alkyl halides is 3. The molecule has 0 aromatic heterocycles. The number of anilines is 1. The average molecular weight is 384 g/mol. The Morgan fingerprint density at radius 1 is 1.08 bits per heavy atom. The highest BCUT2D eigenvalue weighted by atomic mass is 32.2. The van der Waals surface area contributed by atoms with Crippen LogP contribution in [0.15, 0.2) is 42.5 Å². The summed E-state index contributed by atoms with van der Waals surface area (Å²) in [5, 5.41) is 11.1. The Labute approximate surface area is 151 Å². The Morgan fingerprint density at radius 2 is 1.73 bits per heavy atom. The Bertz CT molecular complexity index is 791. The molecule has 1 fully saturated rings. The van der Waals surface area contributed by atoms with Crippen LogP contribution in [0.1, 0.15) is 0 Å². The smallest absolute Gasteiger partial charge is 0.406 e. The van der Waals surface area contributed by atoms with E-state index in [0.29, 0.717) is 11.1 Å². The predicted octanol–water partition coefficient (Wildman–Crippen LogP) is 4.71. The number of non-ortho nitro benzene ring substituents is 1. The highest BCUT2D eigenvalue weighted by Gasteiger charge is 2.31. The number of rotatable bonds is 4. The van der Waals surface area contributed by atoms with Crippen LogP contribution in [0.5, 0.6) is 5.75 Å². The lowest BCUT2D eigenvalue weighted by Crippen LogP contribution is -2.32. The number of nitro groups is 1. The summed E-state index contributed by atoms with van der Waals surface area (Å²) < 4.78 is 40.8. The Hall–Kier alpha value is -2.42. The zero-order chi connectivity index (χ0) is 18.7. The number of nitro benzene ring substituents is 1. The van der Waals surface area contributed by atoms with Crippen LogP contribution in [-0.2, 0) is 0 Å². The zero-order valence-corrected chi connectivity index (χ0v) is 14.3. The molecular weight excluding hydrogens is 369 g/mol. The van der Waals surface area contributed by atoms with Crippen molar-refractivity contribution in [2.75, 3.05) is 29.5 Å². The third-order valence-corrected chi connectivity index (χ3v) is 4.88. The number of halogens is 3. The van der Waals surface area contributed by atoms with Crippen molar-refractivity contribution in [3.8, 4) is 16.9 Å². The van der Waals surface area contributed by atoms with Gasteiger partial charge in [-0.2, -0.15) is 11.8 Å². The highest BCUT2D eigenvalue weighted by Crippen LogP contribution is 2.36. The summed E-state index contributed by atoms with van der Waals surface area (Å²) in [6.45, 7) is 1.62. The molecule has 0 spiro atoms. The van der Waals surface area contributed by atoms with Gasteiger partial charge in [0.05, 0.1) is 4.92 Å². The number of hydrogen-bond donors (Lipinski definition) is 0. The van der Waals surface area contributed by atoms with Gasteiger partial charge in [-0.3, -0.25) is 10.1 Å². The van der Waals surface area contributed by atoms with Crippen molar-refractivity contribution in [2.24, 2.45) is 0 Å². The van der Waals surface area contributed by atoms with Crippen LogP contribution in [0.4, 0.5) is 24.5 Å². The van der Waals surface area contributed by atoms with Gasteiger partial charge in [0.1, 0.15) is 5.75 Å². The number of nitrogens with zero attached hydrogens (tertiary/aromatic N) is 2. The van der Waals surface area contributed by atoms with E-state index >= 15 is 0 Å². The molecule has 2 aromatic rings. The van der Waals surface area contributed by atoms with Gasteiger partial charge in [0, 0.05) is 48.0 Å². The molecule has 1 aliphatic rings. The van der Waals surface area contributed by atoms with Crippen LogP contribution >= 0.6 is 11.8 Å². The first-order valence-electron chi connectivity index (χ1n) is 7.81. The van der Waals surface area contributed by atoms with Gasteiger partial charge in [-0.1, -0.05) is 12.1 Å². The van der Waals surface area contributed by atoms with Crippen molar-refractivity contribution in [3.63, 3.8) is 0 Å². The summed E-state index contributed by atoms with van der Waals surface area (Å²) in [6.07, 6.45) is -4.76. The number of thioether (sulfide) groups is 1. The fourth-order valence-corrected chi connectivity index (χ4v) is 3.69. The first-order chi connectivity index (χ1) is 12.3. The van der Waals surface area contributed by atoms with E-state index in [0.717, 1.165) is 30.3 Å². The first kappa shape index (κ1) is 18.4. The standard InChI is InChI=1S/C17H15F3N2O3S/c18-17(19,20)25-14-4-1-12(2-5-14)15-11-13(22(23)24)3-6-16(15)21-7-9-26-10-8-21/h1-6,11H,7-10H2. The lowest BCUT2D eigenvalue weighted by molar-refractivity contribution is -0.384. The van der Waals surface area contributed by atoms with Crippen molar-refractivity contribution in [3.05, 3.63) is 52.6 Å². The normalized spacial score (nSPS) is 15.0. The van der Waals surface area contributed by atoms with Crippen LogP contribution in [0.2, 0.25) is 0 Å². The van der Waals surface area contributed by atoms with E-state index in [1.54, 1.807) is 6.07 Å². The molecule has 0 saturated carbocycles. The number of benzene rings is 2. The fraction of sp³-hybridized carbons (Fsp3) is 0.294. The molecule has 0 atom stereocenters. The summed E-state index contributed by atoms with van der Waals surface area (Å²) >= 11 is 1.84. The van der Waals surface area contributed by atoms with Crippen molar-refractivity contribution in [2.45, 2.75) is 6.36 Å². The molecular formula is C17H15F3N2O3S. The van der Waals surface area contributed by atoms with Gasteiger partial charge >= 0.3 is 6.36 Å². The van der Waals surface area contributed by atoms with Gasteiger partial charge in [-0.25, -0.2) is 0 Å². The van der Waals surface area contributed by atoms with Crippen LogP contribution in [0, 0.1) is 10.1 Å². The first-order valence-corrected chi connectivity index (χ1v) is 8.96. The van der Waals surface area contributed by atoms with E-state index in [-0.39, 0.29) is 11.4 Å². The quantitative estimate of drug-likeness (QED) is 0.564. The van der Waals surface area contributed by atoms with E-state index in [9.17, 15) is 23.3 Å². The molecule has 5 nitrogen and oxygen atoms in total. The summed E-state index contributed by atoms with van der Waals surface area (Å²) in [7, 11) is 0. The summed E-state index contributed by atoms with van der Waals surface area (Å²) in [5.74, 6) is 1.58. The Balaban J connectivity index is 1.98. The molecule has 0 aliphatic carbocycles. The molecule has 3 rings (SSSR count). The molecule has 2 aromatic carbocycles. The van der Waals surface area contributed by atoms with Gasteiger partial charge in [-0.05, 0) is 23.8 Å². The van der Waals surface area contributed by atoms with E-state index < -0.39 is 11.3 Å². The van der Waals surface area contributed by atoms with Crippen molar-refractivity contribution >= 4 is 23.1 Å². The van der Waals surface area contributed by atoms with Crippen LogP contribution in [0.25, 0.3) is 11.1 Å². The molecule has 1 saturated heterocycles. The average Bonchev–Trinajstić information content (AvgIpc) is 2.61. The fourth-order valence-electron chi connectivity index (χ4n) is 2.78. The molecule has 0 bridgehead atoms. The maximum atomic E-state index is 12.3. The van der Waals surface area contributed by atoms with Crippen molar-refractivity contribution in [1.29, 1.82) is 0 Å². The van der Waals surface area contributed by atoms with Gasteiger partial charge in [-0.15, -0.1) is 13.2 Å². The second-order valence-electron chi connectivity index (χ2n) is 5.63. The van der Waals surface area contributed by atoms with Crippen LogP contribution in [0.3, 0.4) is 0 Å². The summed E-state index contributed by atoms with van der Waals surface area (Å²) in [5.41, 5.74) is 1.98. The lowest BCUT2D eigenvalue weighted by Gasteiger charge is -2.30. The number of hydrogen-bond acceptors (Lipinski definition) is 5. The van der Waals surface area contributed by atoms with E-state index in [4.69, 9.17) is 0 Å². The van der Waals surface area contributed by atoms with Crippen LogP contribution in [-0.4, -0.2) is 35.9 Å². The van der Waals surface area contributed by atoms with E-state index in [1.807, 2.05) is 11.8 Å². The molecule has 0 unspecified atom stereocenters. The minimum absolute atomic E-state index is 0.0641. The minimum Gasteiger partial charge on any atom is -0.406 e. The molecule has 1 aliphatic heterocycles. The van der Waals surface area contributed by atoms with Gasteiger partial charge in [0.25, 0.3) is 5.69 Å². The van der Waals surface area contributed by atoms with Crippen LogP contribution < -0.4 is 9.64 Å². The monoisotopic (exact) mass is 384 g/mol. The number of ether oxygens (including phenoxy) is 1. The molecule has 0 N–H and O–H groups in total. The molecule has 138 valence electrons. The molecule has 26 heavy (non-hydrogen) atoms.